The van der Waals surface area contributed by atoms with Gasteiger partial charge in [-0.1, -0.05) is 6.07 Å². The van der Waals surface area contributed by atoms with E-state index in [1.807, 2.05) is 12.1 Å². The van der Waals surface area contributed by atoms with Crippen molar-refractivity contribution in [3.63, 3.8) is 0 Å². The molecule has 0 unspecified atom stereocenters. The number of nitrogens with one attached hydrogen (secondary N) is 1. The van der Waals surface area contributed by atoms with Crippen LogP contribution in [0.2, 0.25) is 0 Å². The number of rotatable bonds is 1. The summed E-state index contributed by atoms with van der Waals surface area (Å²) in [6, 6.07) is 4.21. The van der Waals surface area contributed by atoms with Crippen molar-refractivity contribution in [2.75, 3.05) is 24.5 Å². The second-order valence-corrected chi connectivity index (χ2v) is 3.73. The molecule has 0 bridgehead atoms. The van der Waals surface area contributed by atoms with E-state index in [1.165, 1.54) is 0 Å². The summed E-state index contributed by atoms with van der Waals surface area (Å²) in [6.45, 7) is 12.0. The third-order valence-electron chi connectivity index (χ3n) is 2.66. The summed E-state index contributed by atoms with van der Waals surface area (Å²) in [5.41, 5.74) is 0.599. The third-order valence-corrected chi connectivity index (χ3v) is 2.66. The monoisotopic (exact) mass is 202 g/mol. The molecule has 4 heteroatoms. The minimum atomic E-state index is 0.463. The summed E-state index contributed by atoms with van der Waals surface area (Å²) in [7, 11) is 0. The Labute approximate surface area is 89.7 Å². The number of hydrogen-bond acceptors (Lipinski definition) is 3. The van der Waals surface area contributed by atoms with Gasteiger partial charge in [-0.3, -0.25) is 4.98 Å². The van der Waals surface area contributed by atoms with E-state index < -0.39 is 0 Å². The molecule has 15 heavy (non-hydrogen) atoms. The Morgan fingerprint density at radius 3 is 3.07 bits per heavy atom. The van der Waals surface area contributed by atoms with Crippen LogP contribution in [0.25, 0.3) is 4.85 Å². The lowest BCUT2D eigenvalue weighted by atomic mass is 10.2. The Balaban J connectivity index is 2.18. The summed E-state index contributed by atoms with van der Waals surface area (Å²) >= 11 is 0. The normalized spacial score (nSPS) is 21.1. The molecule has 1 aliphatic rings. The van der Waals surface area contributed by atoms with Gasteiger partial charge in [-0.05, 0) is 13.0 Å². The maximum absolute atomic E-state index is 6.86. The van der Waals surface area contributed by atoms with Gasteiger partial charge >= 0.3 is 0 Å². The predicted octanol–water partition coefficient (Wildman–Crippen LogP) is 1.43. The van der Waals surface area contributed by atoms with Crippen molar-refractivity contribution in [1.82, 2.24) is 10.3 Å². The second kappa shape index (κ2) is 4.28. The molecule has 2 heterocycles. The molecule has 0 aliphatic carbocycles. The average Bonchev–Trinajstić information content (AvgIpc) is 2.30. The Kier molecular flexibility index (Phi) is 2.84. The molecule has 2 rings (SSSR count). The third kappa shape index (κ3) is 2.08. The molecule has 1 aromatic heterocycles. The standard InChI is InChI=1S/C11H14N4/c1-9-7-13-5-6-15(9)11-4-3-10(12-2)8-14-11/h3-4,8-9,13H,5-7H2,1H3/t9-/m0/s1. The number of aromatic nitrogens is 1. The molecule has 1 N–H and O–H groups in total. The first-order valence-corrected chi connectivity index (χ1v) is 5.12. The van der Waals surface area contributed by atoms with Crippen LogP contribution in [-0.2, 0) is 0 Å². The van der Waals surface area contributed by atoms with Gasteiger partial charge in [-0.2, -0.15) is 0 Å². The summed E-state index contributed by atoms with van der Waals surface area (Å²) in [5.74, 6) is 0.969. The molecule has 0 aromatic carbocycles. The smallest absolute Gasteiger partial charge is 0.205 e. The Bertz CT molecular complexity index is 365. The van der Waals surface area contributed by atoms with Gasteiger partial charge in [-0.25, -0.2) is 4.85 Å². The van der Waals surface area contributed by atoms with Crippen LogP contribution in [0.5, 0.6) is 0 Å². The fourth-order valence-electron chi connectivity index (χ4n) is 1.80. The molecule has 1 fully saturated rings. The fourth-order valence-corrected chi connectivity index (χ4v) is 1.80. The van der Waals surface area contributed by atoms with E-state index in [-0.39, 0.29) is 0 Å². The number of hydrogen-bond donors (Lipinski definition) is 1. The minimum Gasteiger partial charge on any atom is -0.351 e. The molecule has 0 saturated carbocycles. The lowest BCUT2D eigenvalue weighted by Crippen LogP contribution is -2.50. The van der Waals surface area contributed by atoms with Gasteiger partial charge in [0.05, 0.1) is 6.57 Å². The highest BCUT2D eigenvalue weighted by Gasteiger charge is 2.18. The van der Waals surface area contributed by atoms with E-state index in [9.17, 15) is 0 Å². The van der Waals surface area contributed by atoms with E-state index >= 15 is 0 Å². The molecular formula is C11H14N4. The summed E-state index contributed by atoms with van der Waals surface area (Å²) in [5, 5.41) is 3.34. The molecule has 1 aliphatic heterocycles. The topological polar surface area (TPSA) is 32.5 Å². The number of nitrogens with zero attached hydrogens (tertiary/aromatic N) is 3. The van der Waals surface area contributed by atoms with Crippen LogP contribution < -0.4 is 10.2 Å². The first kappa shape index (κ1) is 9.94. The highest BCUT2D eigenvalue weighted by Crippen LogP contribution is 2.18. The molecule has 4 nitrogen and oxygen atoms in total. The van der Waals surface area contributed by atoms with Crippen LogP contribution in [0.4, 0.5) is 11.5 Å². The highest BCUT2D eigenvalue weighted by molar-refractivity contribution is 5.49. The lowest BCUT2D eigenvalue weighted by Gasteiger charge is -2.34. The van der Waals surface area contributed by atoms with Crippen LogP contribution in [0.15, 0.2) is 18.3 Å². The van der Waals surface area contributed by atoms with E-state index in [0.717, 1.165) is 25.5 Å². The molecule has 1 atom stereocenters. The van der Waals surface area contributed by atoms with Crippen molar-refractivity contribution in [2.24, 2.45) is 0 Å². The zero-order valence-corrected chi connectivity index (χ0v) is 8.77. The van der Waals surface area contributed by atoms with Crippen LogP contribution >= 0.6 is 0 Å². The molecule has 0 radical (unpaired) electrons. The summed E-state index contributed by atoms with van der Waals surface area (Å²) in [6.07, 6.45) is 1.64. The molecular weight excluding hydrogens is 188 g/mol. The number of pyridine rings is 1. The van der Waals surface area contributed by atoms with Crippen LogP contribution in [-0.4, -0.2) is 30.7 Å². The first-order valence-electron chi connectivity index (χ1n) is 5.12. The maximum atomic E-state index is 6.86. The van der Waals surface area contributed by atoms with Gasteiger partial charge in [0.25, 0.3) is 0 Å². The molecule has 1 saturated heterocycles. The lowest BCUT2D eigenvalue weighted by molar-refractivity contribution is 0.497. The van der Waals surface area contributed by atoms with E-state index in [2.05, 4.69) is 27.0 Å². The van der Waals surface area contributed by atoms with Gasteiger partial charge in [0.15, 0.2) is 0 Å². The van der Waals surface area contributed by atoms with Crippen molar-refractivity contribution in [3.8, 4) is 0 Å². The Hall–Kier alpha value is -1.60. The van der Waals surface area contributed by atoms with Crippen molar-refractivity contribution in [3.05, 3.63) is 29.7 Å². The Morgan fingerprint density at radius 1 is 1.60 bits per heavy atom. The van der Waals surface area contributed by atoms with Crippen molar-refractivity contribution >= 4 is 11.5 Å². The van der Waals surface area contributed by atoms with Crippen LogP contribution in [0.1, 0.15) is 6.92 Å². The zero-order chi connectivity index (χ0) is 10.7. The second-order valence-electron chi connectivity index (χ2n) is 3.73. The maximum Gasteiger partial charge on any atom is 0.205 e. The quantitative estimate of drug-likeness (QED) is 0.699. The van der Waals surface area contributed by atoms with Gasteiger partial charge in [-0.15, -0.1) is 0 Å². The summed E-state index contributed by atoms with van der Waals surface area (Å²) in [4.78, 5) is 9.91. The van der Waals surface area contributed by atoms with Crippen molar-refractivity contribution < 1.29 is 0 Å². The van der Waals surface area contributed by atoms with Gasteiger partial charge in [0.1, 0.15) is 5.82 Å². The Morgan fingerprint density at radius 2 is 2.47 bits per heavy atom. The van der Waals surface area contributed by atoms with Gasteiger partial charge in [0, 0.05) is 31.9 Å². The average molecular weight is 202 g/mol. The fraction of sp³-hybridized carbons (Fsp3) is 0.455. The molecule has 0 amide bonds. The van der Waals surface area contributed by atoms with Gasteiger partial charge in [0.2, 0.25) is 5.69 Å². The molecule has 1 aromatic rings. The van der Waals surface area contributed by atoms with E-state index in [4.69, 9.17) is 6.57 Å². The molecule has 78 valence electrons. The molecule has 0 spiro atoms. The predicted molar refractivity (Wildman–Crippen MR) is 60.2 cm³/mol. The number of piperazine rings is 1. The number of anilines is 1. The zero-order valence-electron chi connectivity index (χ0n) is 8.77. The van der Waals surface area contributed by atoms with Crippen LogP contribution in [0.3, 0.4) is 0 Å². The summed E-state index contributed by atoms with van der Waals surface area (Å²) < 4.78 is 0. The highest BCUT2D eigenvalue weighted by atomic mass is 15.3. The SMILES string of the molecule is [C-]#[N+]c1ccc(N2CCNC[C@@H]2C)nc1. The van der Waals surface area contributed by atoms with Crippen molar-refractivity contribution in [2.45, 2.75) is 13.0 Å². The van der Waals surface area contributed by atoms with Crippen LogP contribution in [0, 0.1) is 6.57 Å². The first-order chi connectivity index (χ1) is 7.31. The minimum absolute atomic E-state index is 0.463. The van der Waals surface area contributed by atoms with Gasteiger partial charge < -0.3 is 10.2 Å². The largest absolute Gasteiger partial charge is 0.351 e. The van der Waals surface area contributed by atoms with Crippen molar-refractivity contribution in [1.29, 1.82) is 0 Å². The van der Waals surface area contributed by atoms with E-state index in [0.29, 0.717) is 11.7 Å². The van der Waals surface area contributed by atoms with E-state index in [1.54, 1.807) is 6.20 Å².